The highest BCUT2D eigenvalue weighted by atomic mass is 32.2. The average molecular weight is 665 g/mol. The van der Waals surface area contributed by atoms with Gasteiger partial charge in [-0.2, -0.15) is 0 Å². The third kappa shape index (κ3) is 6.07. The smallest absolute Gasteiger partial charge is 0.269 e. The van der Waals surface area contributed by atoms with Crippen LogP contribution in [0.1, 0.15) is 11.1 Å². The Hall–Kier alpha value is -5.48. The summed E-state index contributed by atoms with van der Waals surface area (Å²) < 4.78 is 57.1. The van der Waals surface area contributed by atoms with Crippen LogP contribution in [0.25, 0.3) is 0 Å². The van der Waals surface area contributed by atoms with Crippen LogP contribution >= 0.6 is 0 Å². The number of carbonyl (C=O) groups is 2. The zero-order valence-electron chi connectivity index (χ0n) is 23.6. The molecular weight excluding hydrogens is 640 g/mol. The fourth-order valence-corrected chi connectivity index (χ4v) is 8.23. The molecule has 1 saturated heterocycles. The van der Waals surface area contributed by atoms with Crippen LogP contribution in [0.5, 0.6) is 0 Å². The highest BCUT2D eigenvalue weighted by Gasteiger charge is 2.55. The lowest BCUT2D eigenvalue weighted by Crippen LogP contribution is -2.68. The van der Waals surface area contributed by atoms with Crippen molar-refractivity contribution in [3.8, 4) is 0 Å². The van der Waals surface area contributed by atoms with Gasteiger partial charge in [-0.15, -0.1) is 0 Å². The molecule has 1 heterocycles. The standard InChI is InChI=1S/C30H24N4O10S2/c35-29-27(19-21-7-3-1-4-8-21)31(45(41,42)25-15-11-23(12-16-25)33(37)38)30(36)28(20-22-9-5-2-6-10-22)32(29)46(43,44)26-17-13-24(14-18-26)34(39)40/h1-18,27-28H,19-20H2. The first kappa shape index (κ1) is 31.9. The second-order valence-corrected chi connectivity index (χ2v) is 13.8. The lowest BCUT2D eigenvalue weighted by Gasteiger charge is -2.43. The van der Waals surface area contributed by atoms with Crippen LogP contribution in [0.3, 0.4) is 0 Å². The van der Waals surface area contributed by atoms with E-state index in [1.54, 1.807) is 60.7 Å². The molecule has 5 rings (SSSR count). The molecule has 0 radical (unpaired) electrons. The summed E-state index contributed by atoms with van der Waals surface area (Å²) in [5.41, 5.74) is -0.00945. The van der Waals surface area contributed by atoms with Gasteiger partial charge in [0.15, 0.2) is 0 Å². The number of non-ortho nitro benzene ring substituents is 2. The zero-order chi connectivity index (χ0) is 33.2. The SMILES string of the molecule is O=C1C(Cc2ccccc2)N(S(=O)(=O)c2ccc([N+](=O)[O-])cc2)C(=O)C(Cc2ccccc2)N1S(=O)(=O)c1ccc([N+](=O)[O-])cc1. The average Bonchev–Trinajstić information content (AvgIpc) is 3.04. The topological polar surface area (TPSA) is 195 Å². The summed E-state index contributed by atoms with van der Waals surface area (Å²) in [4.78, 5) is 48.6. The summed E-state index contributed by atoms with van der Waals surface area (Å²) in [7, 11) is -9.77. The molecule has 0 saturated carbocycles. The monoisotopic (exact) mass is 664 g/mol. The molecule has 0 N–H and O–H groups in total. The number of piperazine rings is 1. The van der Waals surface area contributed by atoms with Gasteiger partial charge in [-0.1, -0.05) is 60.7 Å². The quantitative estimate of drug-likeness (QED) is 0.179. The zero-order valence-corrected chi connectivity index (χ0v) is 25.3. The van der Waals surface area contributed by atoms with Crippen LogP contribution in [0.2, 0.25) is 0 Å². The third-order valence-electron chi connectivity index (χ3n) is 7.32. The van der Waals surface area contributed by atoms with Gasteiger partial charge in [0.05, 0.1) is 19.6 Å². The second-order valence-electron chi connectivity index (χ2n) is 10.2. The minimum Gasteiger partial charge on any atom is -0.271 e. The minimum absolute atomic E-state index is 0.360. The predicted octanol–water partition coefficient (Wildman–Crippen LogP) is 3.47. The fourth-order valence-electron chi connectivity index (χ4n) is 5.10. The van der Waals surface area contributed by atoms with Gasteiger partial charge >= 0.3 is 0 Å². The first-order chi connectivity index (χ1) is 21.8. The van der Waals surface area contributed by atoms with Crippen molar-refractivity contribution in [2.45, 2.75) is 34.7 Å². The lowest BCUT2D eigenvalue weighted by molar-refractivity contribution is -0.385. The number of sulfonamides is 2. The van der Waals surface area contributed by atoms with E-state index in [-0.39, 0.29) is 0 Å². The van der Waals surface area contributed by atoms with Crippen molar-refractivity contribution in [3.05, 3.63) is 141 Å². The highest BCUT2D eigenvalue weighted by Crippen LogP contribution is 2.34. The number of hydrogen-bond donors (Lipinski definition) is 0. The van der Waals surface area contributed by atoms with Crippen LogP contribution in [-0.4, -0.2) is 59.2 Å². The van der Waals surface area contributed by atoms with Crippen LogP contribution in [-0.2, 0) is 42.5 Å². The van der Waals surface area contributed by atoms with Gasteiger partial charge in [0, 0.05) is 37.1 Å². The molecule has 0 aliphatic carbocycles. The summed E-state index contributed by atoms with van der Waals surface area (Å²) in [6.45, 7) is 0. The molecule has 4 aromatic carbocycles. The van der Waals surface area contributed by atoms with Crippen LogP contribution in [0, 0.1) is 20.2 Å². The Labute approximate surface area is 262 Å². The Bertz CT molecular complexity index is 1870. The molecule has 0 spiro atoms. The highest BCUT2D eigenvalue weighted by molar-refractivity contribution is 7.90. The Morgan fingerprint density at radius 2 is 0.826 bits per heavy atom. The molecule has 1 aliphatic rings. The maximum absolute atomic E-state index is 14.4. The fraction of sp³-hybridized carbons (Fsp3) is 0.133. The summed E-state index contributed by atoms with van der Waals surface area (Å²) in [6, 6.07) is 19.8. The largest absolute Gasteiger partial charge is 0.271 e. The summed E-state index contributed by atoms with van der Waals surface area (Å²) >= 11 is 0. The van der Waals surface area contributed by atoms with Gasteiger partial charge in [-0.3, -0.25) is 29.8 Å². The van der Waals surface area contributed by atoms with E-state index in [4.69, 9.17) is 0 Å². The van der Waals surface area contributed by atoms with Gasteiger partial charge in [0.1, 0.15) is 12.1 Å². The molecule has 16 heteroatoms. The van der Waals surface area contributed by atoms with Crippen molar-refractivity contribution in [1.29, 1.82) is 0 Å². The maximum atomic E-state index is 14.4. The van der Waals surface area contributed by atoms with Gasteiger partial charge < -0.3 is 0 Å². The van der Waals surface area contributed by atoms with E-state index >= 15 is 0 Å². The van der Waals surface area contributed by atoms with Crippen LogP contribution in [0.4, 0.5) is 11.4 Å². The van der Waals surface area contributed by atoms with E-state index < -0.39 is 87.8 Å². The normalized spacial score (nSPS) is 17.1. The number of benzene rings is 4. The Kier molecular flexibility index (Phi) is 8.67. The summed E-state index contributed by atoms with van der Waals surface area (Å²) in [6.07, 6.45) is -0.802. The van der Waals surface area contributed by atoms with E-state index in [0.29, 0.717) is 19.7 Å². The molecule has 236 valence electrons. The van der Waals surface area contributed by atoms with Gasteiger partial charge in [-0.25, -0.2) is 25.4 Å². The van der Waals surface area contributed by atoms with Gasteiger partial charge in [0.25, 0.3) is 43.2 Å². The molecule has 0 aromatic heterocycles. The number of nitro benzene ring substituents is 2. The number of carbonyl (C=O) groups excluding carboxylic acids is 2. The van der Waals surface area contributed by atoms with E-state index in [2.05, 4.69) is 0 Å². The molecule has 46 heavy (non-hydrogen) atoms. The van der Waals surface area contributed by atoms with Gasteiger partial charge in [-0.05, 0) is 35.4 Å². The molecule has 14 nitrogen and oxygen atoms in total. The van der Waals surface area contributed by atoms with Gasteiger partial charge in [0.2, 0.25) is 0 Å². The Morgan fingerprint density at radius 3 is 1.11 bits per heavy atom. The van der Waals surface area contributed by atoms with Crippen molar-refractivity contribution in [2.24, 2.45) is 0 Å². The number of rotatable bonds is 10. The molecule has 2 atom stereocenters. The first-order valence-corrected chi connectivity index (χ1v) is 16.4. The van der Waals surface area contributed by atoms with E-state index in [1.165, 1.54) is 0 Å². The van der Waals surface area contributed by atoms with E-state index in [0.717, 1.165) is 48.5 Å². The predicted molar refractivity (Wildman–Crippen MR) is 162 cm³/mol. The van der Waals surface area contributed by atoms with Crippen molar-refractivity contribution in [2.75, 3.05) is 0 Å². The lowest BCUT2D eigenvalue weighted by atomic mass is 9.98. The summed E-state index contributed by atoms with van der Waals surface area (Å²) in [5.74, 6) is -2.46. The molecule has 1 aliphatic heterocycles. The van der Waals surface area contributed by atoms with Crippen molar-refractivity contribution < 1.29 is 36.3 Å². The van der Waals surface area contributed by atoms with Crippen LogP contribution in [0.15, 0.2) is 119 Å². The number of nitro groups is 2. The Morgan fingerprint density at radius 1 is 0.522 bits per heavy atom. The summed E-state index contributed by atoms with van der Waals surface area (Å²) in [5, 5.41) is 22.4. The third-order valence-corrected chi connectivity index (χ3v) is 11.0. The van der Waals surface area contributed by atoms with Crippen molar-refractivity contribution >= 4 is 43.2 Å². The maximum Gasteiger partial charge on any atom is 0.269 e. The molecule has 1 fully saturated rings. The molecular formula is C30H24N4O10S2. The van der Waals surface area contributed by atoms with E-state index in [9.17, 15) is 46.7 Å². The minimum atomic E-state index is -4.89. The number of hydrogen-bond acceptors (Lipinski definition) is 10. The first-order valence-electron chi connectivity index (χ1n) is 13.6. The molecule has 2 amide bonds. The van der Waals surface area contributed by atoms with Crippen LogP contribution < -0.4 is 0 Å². The molecule has 0 bridgehead atoms. The van der Waals surface area contributed by atoms with Crippen molar-refractivity contribution in [1.82, 2.24) is 8.61 Å². The molecule has 2 unspecified atom stereocenters. The Balaban J connectivity index is 1.69. The number of nitrogens with zero attached hydrogens (tertiary/aromatic N) is 4. The molecule has 4 aromatic rings. The van der Waals surface area contributed by atoms with E-state index in [1.807, 2.05) is 0 Å². The van der Waals surface area contributed by atoms with Crippen molar-refractivity contribution in [3.63, 3.8) is 0 Å². The second kappa shape index (κ2) is 12.5. The number of amides is 2.